The number of halogens is 2. The van der Waals surface area contributed by atoms with Crippen molar-refractivity contribution < 1.29 is 28.2 Å². The van der Waals surface area contributed by atoms with Crippen LogP contribution in [0.15, 0.2) is 18.2 Å². The zero-order chi connectivity index (χ0) is 15.5. The van der Waals surface area contributed by atoms with Crippen LogP contribution in [0.25, 0.3) is 0 Å². The third kappa shape index (κ3) is 4.49. The molecule has 0 unspecified atom stereocenters. The average molecular weight is 287 g/mol. The van der Waals surface area contributed by atoms with Crippen molar-refractivity contribution >= 4 is 17.7 Å². The molecule has 0 spiro atoms. The molecule has 7 heteroatoms. The van der Waals surface area contributed by atoms with E-state index in [0.717, 1.165) is 23.1 Å². The second-order valence-corrected chi connectivity index (χ2v) is 5.06. The molecular formula is C13H15F2NO4. The van der Waals surface area contributed by atoms with Gasteiger partial charge in [-0.3, -0.25) is 9.69 Å². The largest absolute Gasteiger partial charge is 0.480 e. The minimum atomic E-state index is -1.31. The van der Waals surface area contributed by atoms with E-state index in [9.17, 15) is 18.4 Å². The number of carbonyl (C=O) groups is 2. The summed E-state index contributed by atoms with van der Waals surface area (Å²) in [6.07, 6.45) is -0.953. The van der Waals surface area contributed by atoms with Gasteiger partial charge in [0.2, 0.25) is 0 Å². The smallest absolute Gasteiger partial charge is 0.415 e. The highest BCUT2D eigenvalue weighted by molar-refractivity contribution is 5.93. The van der Waals surface area contributed by atoms with Crippen LogP contribution < -0.4 is 4.90 Å². The lowest BCUT2D eigenvalue weighted by molar-refractivity contribution is -0.135. The van der Waals surface area contributed by atoms with Crippen molar-refractivity contribution in [2.45, 2.75) is 26.4 Å². The van der Waals surface area contributed by atoms with Crippen LogP contribution in [-0.4, -0.2) is 29.3 Å². The van der Waals surface area contributed by atoms with Crippen LogP contribution in [0.2, 0.25) is 0 Å². The third-order valence-electron chi connectivity index (χ3n) is 2.12. The Kier molecular flexibility index (Phi) is 4.65. The quantitative estimate of drug-likeness (QED) is 0.928. The lowest BCUT2D eigenvalue weighted by Crippen LogP contribution is -2.40. The molecule has 0 aliphatic rings. The highest BCUT2D eigenvalue weighted by Gasteiger charge is 2.25. The first-order valence-corrected chi connectivity index (χ1v) is 5.77. The molecule has 0 atom stereocenters. The SMILES string of the molecule is CC(C)(C)OC(=O)N(CC(=O)O)c1ccc(F)c(F)c1. The zero-order valence-corrected chi connectivity index (χ0v) is 11.3. The summed E-state index contributed by atoms with van der Waals surface area (Å²) >= 11 is 0. The maximum atomic E-state index is 13.2. The number of ether oxygens (including phenoxy) is 1. The molecule has 110 valence electrons. The Morgan fingerprint density at radius 3 is 2.30 bits per heavy atom. The van der Waals surface area contributed by atoms with Gasteiger partial charge in [-0.05, 0) is 32.9 Å². The van der Waals surface area contributed by atoms with E-state index in [4.69, 9.17) is 9.84 Å². The van der Waals surface area contributed by atoms with E-state index in [-0.39, 0.29) is 5.69 Å². The number of hydrogen-bond acceptors (Lipinski definition) is 3. The van der Waals surface area contributed by atoms with Crippen LogP contribution in [0.4, 0.5) is 19.3 Å². The number of amides is 1. The van der Waals surface area contributed by atoms with Crippen LogP contribution in [-0.2, 0) is 9.53 Å². The molecule has 0 aliphatic carbocycles. The van der Waals surface area contributed by atoms with Gasteiger partial charge in [-0.2, -0.15) is 0 Å². The number of benzene rings is 1. The van der Waals surface area contributed by atoms with E-state index in [0.29, 0.717) is 0 Å². The van der Waals surface area contributed by atoms with Crippen molar-refractivity contribution in [3.05, 3.63) is 29.8 Å². The highest BCUT2D eigenvalue weighted by Crippen LogP contribution is 2.20. The number of nitrogens with zero attached hydrogens (tertiary/aromatic N) is 1. The minimum Gasteiger partial charge on any atom is -0.480 e. The Hall–Kier alpha value is -2.18. The number of aliphatic carboxylic acids is 1. The molecule has 1 amide bonds. The van der Waals surface area contributed by atoms with Gasteiger partial charge in [0, 0.05) is 6.07 Å². The van der Waals surface area contributed by atoms with Crippen molar-refractivity contribution in [3.63, 3.8) is 0 Å². The first-order chi connectivity index (χ1) is 9.10. The summed E-state index contributed by atoms with van der Waals surface area (Å²) in [5, 5.41) is 8.80. The number of carboxylic acids is 1. The van der Waals surface area contributed by atoms with Crippen LogP contribution in [0.5, 0.6) is 0 Å². The molecule has 0 heterocycles. The third-order valence-corrected chi connectivity index (χ3v) is 2.12. The van der Waals surface area contributed by atoms with Crippen LogP contribution >= 0.6 is 0 Å². The standard InChI is InChI=1S/C13H15F2NO4/c1-13(2,3)20-12(19)16(7-11(17)18)8-4-5-9(14)10(15)6-8/h4-6H,7H2,1-3H3,(H,17,18). The Balaban J connectivity index is 3.08. The van der Waals surface area contributed by atoms with Gasteiger partial charge in [0.1, 0.15) is 12.1 Å². The molecule has 0 saturated heterocycles. The fourth-order valence-corrected chi connectivity index (χ4v) is 1.37. The molecule has 20 heavy (non-hydrogen) atoms. The maximum Gasteiger partial charge on any atom is 0.415 e. The molecule has 1 N–H and O–H groups in total. The summed E-state index contributed by atoms with van der Waals surface area (Å²) in [5.74, 6) is -3.57. The Morgan fingerprint density at radius 2 is 1.85 bits per heavy atom. The molecule has 0 aromatic heterocycles. The van der Waals surface area contributed by atoms with Crippen molar-refractivity contribution in [2.75, 3.05) is 11.4 Å². The van der Waals surface area contributed by atoms with Crippen LogP contribution in [0.1, 0.15) is 20.8 Å². The summed E-state index contributed by atoms with van der Waals surface area (Å²) in [4.78, 5) is 23.4. The lowest BCUT2D eigenvalue weighted by atomic mass is 10.2. The Labute approximate surface area is 114 Å². The molecule has 0 fully saturated rings. The molecule has 1 aromatic rings. The maximum absolute atomic E-state index is 13.2. The summed E-state index contributed by atoms with van der Waals surface area (Å²) in [6, 6.07) is 2.65. The van der Waals surface area contributed by atoms with Crippen molar-refractivity contribution in [2.24, 2.45) is 0 Å². The number of rotatable bonds is 3. The van der Waals surface area contributed by atoms with Gasteiger partial charge in [0.25, 0.3) is 0 Å². The molecule has 0 aliphatic heterocycles. The Bertz CT molecular complexity index is 526. The summed E-state index contributed by atoms with van der Waals surface area (Å²) < 4.78 is 31.1. The van der Waals surface area contributed by atoms with E-state index >= 15 is 0 Å². The number of carboxylic acid groups (broad SMARTS) is 1. The van der Waals surface area contributed by atoms with Crippen molar-refractivity contribution in [3.8, 4) is 0 Å². The molecule has 0 bridgehead atoms. The molecule has 1 aromatic carbocycles. The lowest BCUT2D eigenvalue weighted by Gasteiger charge is -2.26. The zero-order valence-electron chi connectivity index (χ0n) is 11.3. The molecule has 5 nitrogen and oxygen atoms in total. The van der Waals surface area contributed by atoms with Gasteiger partial charge in [-0.15, -0.1) is 0 Å². The second-order valence-electron chi connectivity index (χ2n) is 5.06. The van der Waals surface area contributed by atoms with Gasteiger partial charge in [0.05, 0.1) is 5.69 Å². The monoisotopic (exact) mass is 287 g/mol. The van der Waals surface area contributed by atoms with E-state index in [2.05, 4.69) is 0 Å². The van der Waals surface area contributed by atoms with Crippen LogP contribution in [0.3, 0.4) is 0 Å². The van der Waals surface area contributed by atoms with E-state index in [1.807, 2.05) is 0 Å². The first-order valence-electron chi connectivity index (χ1n) is 5.77. The van der Waals surface area contributed by atoms with Crippen LogP contribution in [0, 0.1) is 11.6 Å². The van der Waals surface area contributed by atoms with Gasteiger partial charge in [0.15, 0.2) is 11.6 Å². The van der Waals surface area contributed by atoms with Gasteiger partial charge in [-0.1, -0.05) is 0 Å². The molecular weight excluding hydrogens is 272 g/mol. The first kappa shape index (κ1) is 15.9. The van der Waals surface area contributed by atoms with Crippen molar-refractivity contribution in [1.82, 2.24) is 0 Å². The van der Waals surface area contributed by atoms with Gasteiger partial charge < -0.3 is 9.84 Å². The average Bonchev–Trinajstić information content (AvgIpc) is 2.27. The summed E-state index contributed by atoms with van der Waals surface area (Å²) in [5.41, 5.74) is -0.938. The number of anilines is 1. The summed E-state index contributed by atoms with van der Waals surface area (Å²) in [7, 11) is 0. The van der Waals surface area contributed by atoms with Gasteiger partial charge in [-0.25, -0.2) is 13.6 Å². The summed E-state index contributed by atoms with van der Waals surface area (Å²) in [6.45, 7) is 4.10. The second kappa shape index (κ2) is 5.85. The van der Waals surface area contributed by atoms with E-state index < -0.39 is 35.8 Å². The Morgan fingerprint density at radius 1 is 1.25 bits per heavy atom. The fraction of sp³-hybridized carbons (Fsp3) is 0.385. The highest BCUT2D eigenvalue weighted by atomic mass is 19.2. The fourth-order valence-electron chi connectivity index (χ4n) is 1.37. The molecule has 0 saturated carbocycles. The minimum absolute atomic E-state index is 0.0967. The molecule has 1 rings (SSSR count). The topological polar surface area (TPSA) is 66.8 Å². The van der Waals surface area contributed by atoms with Crippen molar-refractivity contribution in [1.29, 1.82) is 0 Å². The van der Waals surface area contributed by atoms with E-state index in [1.165, 1.54) is 0 Å². The van der Waals surface area contributed by atoms with Gasteiger partial charge >= 0.3 is 12.1 Å². The normalized spacial score (nSPS) is 11.1. The predicted octanol–water partition coefficient (Wildman–Crippen LogP) is 2.79. The number of carbonyl (C=O) groups excluding carboxylic acids is 1. The van der Waals surface area contributed by atoms with E-state index in [1.54, 1.807) is 20.8 Å². The number of hydrogen-bond donors (Lipinski definition) is 1. The molecule has 0 radical (unpaired) electrons. The predicted molar refractivity (Wildman–Crippen MR) is 67.6 cm³/mol.